The number of carbonyl (C=O) groups is 2. The van der Waals surface area contributed by atoms with E-state index >= 15 is 4.39 Å². The number of amides is 4. The molecule has 11 nitrogen and oxygen atoms in total. The van der Waals surface area contributed by atoms with Crippen molar-refractivity contribution in [1.29, 1.82) is 0 Å². The van der Waals surface area contributed by atoms with Gasteiger partial charge in [0, 0.05) is 41.9 Å². The Morgan fingerprint density at radius 1 is 1.07 bits per heavy atom. The molecule has 0 fully saturated rings. The first-order valence-electron chi connectivity index (χ1n) is 14.2. The van der Waals surface area contributed by atoms with Crippen LogP contribution in [-0.2, 0) is 12.0 Å². The minimum Gasteiger partial charge on any atom is -0.305 e. The molecule has 1 aliphatic heterocycles. The van der Waals surface area contributed by atoms with Crippen molar-refractivity contribution in [2.75, 3.05) is 33.7 Å². The first-order valence-corrected chi connectivity index (χ1v) is 15.4. The average molecular weight is 626 g/mol. The Bertz CT molecular complexity index is 1970. The number of pyridine rings is 1. The van der Waals surface area contributed by atoms with E-state index in [-0.39, 0.29) is 23.7 Å². The number of nitrogens with one attached hydrogen (secondary N) is 2. The average Bonchev–Trinajstić information content (AvgIpc) is 3.44. The van der Waals surface area contributed by atoms with Crippen LogP contribution in [0.5, 0.6) is 0 Å². The molecule has 0 unspecified atom stereocenters. The highest BCUT2D eigenvalue weighted by molar-refractivity contribution is 7.98. The van der Waals surface area contributed by atoms with E-state index in [0.717, 1.165) is 27.8 Å². The normalized spacial score (nSPS) is 13.3. The Labute approximate surface area is 263 Å². The number of aromatic nitrogens is 5. The third kappa shape index (κ3) is 5.78. The smallest absolute Gasteiger partial charge is 0.305 e. The van der Waals surface area contributed by atoms with Gasteiger partial charge < -0.3 is 5.32 Å². The maximum Gasteiger partial charge on any atom is 0.330 e. The molecular formula is C32H32FN9O2S. The number of halogens is 1. The zero-order valence-corrected chi connectivity index (χ0v) is 26.5. The molecule has 4 heterocycles. The van der Waals surface area contributed by atoms with Gasteiger partial charge in [-0.1, -0.05) is 38.6 Å². The number of benzene rings is 2. The number of hydrogen-bond acceptors (Lipinski definition) is 7. The van der Waals surface area contributed by atoms with Crippen LogP contribution in [0.3, 0.4) is 0 Å². The summed E-state index contributed by atoms with van der Waals surface area (Å²) in [6.45, 7) is 8.00. The number of anilines is 4. The number of fused-ring (bicyclic) bond motifs is 2. The molecule has 45 heavy (non-hydrogen) atoms. The van der Waals surface area contributed by atoms with E-state index in [1.54, 1.807) is 37.1 Å². The lowest BCUT2D eigenvalue weighted by Crippen LogP contribution is -2.46. The molecule has 13 heteroatoms. The molecule has 1 aliphatic rings. The summed E-state index contributed by atoms with van der Waals surface area (Å²) in [7, 11) is 1.64. The third-order valence-electron chi connectivity index (χ3n) is 7.54. The topological polar surface area (TPSA) is 121 Å². The van der Waals surface area contributed by atoms with Crippen molar-refractivity contribution in [3.05, 3.63) is 83.6 Å². The monoisotopic (exact) mass is 625 g/mol. The molecule has 3 aromatic heterocycles. The van der Waals surface area contributed by atoms with Gasteiger partial charge in [0.2, 0.25) is 0 Å². The van der Waals surface area contributed by atoms with Gasteiger partial charge in [0.25, 0.3) is 0 Å². The zero-order chi connectivity index (χ0) is 32.0. The second-order valence-electron chi connectivity index (χ2n) is 11.8. The summed E-state index contributed by atoms with van der Waals surface area (Å²) in [5, 5.41) is 11.7. The lowest BCUT2D eigenvalue weighted by Gasteiger charge is -2.35. The molecule has 0 aliphatic carbocycles. The summed E-state index contributed by atoms with van der Waals surface area (Å²) in [5.74, 6) is 0.299. The summed E-state index contributed by atoms with van der Waals surface area (Å²) in [5.41, 5.74) is 3.67. The van der Waals surface area contributed by atoms with Gasteiger partial charge in [-0.25, -0.2) is 28.6 Å². The standard InChI is InChI=1S/C32H32FN9O2S/c1-18-12-22(33)24(14-25(18)41-17-20-16-35-30(45-6)38-28(20)40(5)31(41)44)36-29(43)37-27-15-26(32(2,3)4)39-42(27)21-9-10-23-19(13-21)8-7-11-34-23/h7-16H,17H2,1-6H3,(H2,36,37,43). The zero-order valence-electron chi connectivity index (χ0n) is 25.7. The van der Waals surface area contributed by atoms with Crippen LogP contribution in [-0.4, -0.2) is 50.1 Å². The minimum absolute atomic E-state index is 0.0813. The van der Waals surface area contributed by atoms with E-state index in [0.29, 0.717) is 28.0 Å². The van der Waals surface area contributed by atoms with Crippen molar-refractivity contribution >= 4 is 57.7 Å². The number of thioether (sulfide) groups is 1. The van der Waals surface area contributed by atoms with Crippen LogP contribution in [0.15, 0.2) is 66.1 Å². The van der Waals surface area contributed by atoms with Crippen LogP contribution in [0, 0.1) is 12.7 Å². The van der Waals surface area contributed by atoms with Gasteiger partial charge in [0.15, 0.2) is 5.16 Å². The van der Waals surface area contributed by atoms with Gasteiger partial charge in [-0.15, -0.1) is 0 Å². The van der Waals surface area contributed by atoms with E-state index in [1.165, 1.54) is 33.7 Å². The van der Waals surface area contributed by atoms with Crippen molar-refractivity contribution in [3.63, 3.8) is 0 Å². The highest BCUT2D eigenvalue weighted by atomic mass is 32.2. The van der Waals surface area contributed by atoms with E-state index in [9.17, 15) is 9.59 Å². The molecule has 0 spiro atoms. The van der Waals surface area contributed by atoms with Crippen LogP contribution < -0.4 is 20.4 Å². The fraction of sp³-hybridized carbons (Fsp3) is 0.250. The fourth-order valence-electron chi connectivity index (χ4n) is 5.13. The molecule has 230 valence electrons. The molecule has 6 rings (SSSR count). The van der Waals surface area contributed by atoms with Gasteiger partial charge in [-0.3, -0.25) is 20.1 Å². The third-order valence-corrected chi connectivity index (χ3v) is 8.10. The Morgan fingerprint density at radius 2 is 1.87 bits per heavy atom. The molecule has 4 amide bonds. The SMILES string of the molecule is CSc1ncc2c(n1)N(C)C(=O)N(c1cc(NC(=O)Nc3cc(C(C)(C)C)nn3-c3ccc4ncccc4c3)c(F)cc1C)C2. The van der Waals surface area contributed by atoms with Gasteiger partial charge in [-0.05, 0) is 55.1 Å². The first-order chi connectivity index (χ1) is 21.4. The highest BCUT2D eigenvalue weighted by Gasteiger charge is 2.32. The molecule has 0 saturated carbocycles. The Kier molecular flexibility index (Phi) is 7.65. The van der Waals surface area contributed by atoms with E-state index in [4.69, 9.17) is 5.10 Å². The number of nitrogens with zero attached hydrogens (tertiary/aromatic N) is 7. The van der Waals surface area contributed by atoms with Crippen LogP contribution >= 0.6 is 11.8 Å². The molecule has 0 saturated heterocycles. The van der Waals surface area contributed by atoms with Crippen LogP contribution in [0.25, 0.3) is 16.6 Å². The van der Waals surface area contributed by atoms with Crippen molar-refractivity contribution in [2.45, 2.75) is 44.8 Å². The highest BCUT2D eigenvalue weighted by Crippen LogP contribution is 2.35. The lowest BCUT2D eigenvalue weighted by molar-refractivity contribution is 0.251. The van der Waals surface area contributed by atoms with Crippen molar-refractivity contribution in [1.82, 2.24) is 24.7 Å². The Morgan fingerprint density at radius 3 is 2.62 bits per heavy atom. The van der Waals surface area contributed by atoms with E-state index < -0.39 is 11.8 Å². The largest absolute Gasteiger partial charge is 0.330 e. The molecule has 2 N–H and O–H groups in total. The Hall–Kier alpha value is -5.04. The second kappa shape index (κ2) is 11.5. The number of carbonyl (C=O) groups excluding carboxylic acids is 2. The van der Waals surface area contributed by atoms with E-state index in [2.05, 4.69) is 25.6 Å². The van der Waals surface area contributed by atoms with Crippen LogP contribution in [0.4, 0.5) is 37.0 Å². The molecule has 5 aromatic rings. The number of aryl methyl sites for hydroxylation is 1. The second-order valence-corrected chi connectivity index (χ2v) is 12.6. The van der Waals surface area contributed by atoms with Gasteiger partial charge in [0.1, 0.15) is 17.5 Å². The van der Waals surface area contributed by atoms with E-state index in [1.807, 2.05) is 57.4 Å². The molecular weight excluding hydrogens is 593 g/mol. The maximum absolute atomic E-state index is 15.2. The summed E-state index contributed by atoms with van der Waals surface area (Å²) in [6.07, 6.45) is 5.29. The fourth-order valence-corrected chi connectivity index (χ4v) is 5.46. The van der Waals surface area contributed by atoms with Gasteiger partial charge in [0.05, 0.1) is 34.8 Å². The minimum atomic E-state index is -0.668. The number of rotatable bonds is 5. The molecule has 2 aromatic carbocycles. The number of hydrogen-bond donors (Lipinski definition) is 2. The van der Waals surface area contributed by atoms with Crippen molar-refractivity contribution in [3.8, 4) is 5.69 Å². The Balaban J connectivity index is 1.29. The molecule has 0 atom stereocenters. The van der Waals surface area contributed by atoms with Crippen LogP contribution in [0.1, 0.15) is 37.6 Å². The first kappa shape index (κ1) is 30.0. The quantitative estimate of drug-likeness (QED) is 0.161. The van der Waals surface area contributed by atoms with Gasteiger partial charge in [-0.2, -0.15) is 5.10 Å². The van der Waals surface area contributed by atoms with Crippen molar-refractivity contribution < 1.29 is 14.0 Å². The summed E-state index contributed by atoms with van der Waals surface area (Å²) in [4.78, 5) is 42.9. The summed E-state index contributed by atoms with van der Waals surface area (Å²) in [6, 6.07) is 13.1. The van der Waals surface area contributed by atoms with Crippen LogP contribution in [0.2, 0.25) is 0 Å². The van der Waals surface area contributed by atoms with Gasteiger partial charge >= 0.3 is 12.1 Å². The van der Waals surface area contributed by atoms with Crippen molar-refractivity contribution in [2.24, 2.45) is 0 Å². The number of urea groups is 2. The molecule has 0 radical (unpaired) electrons. The lowest BCUT2D eigenvalue weighted by atomic mass is 9.92. The maximum atomic E-state index is 15.2. The predicted octanol–water partition coefficient (Wildman–Crippen LogP) is 6.90. The summed E-state index contributed by atoms with van der Waals surface area (Å²) >= 11 is 1.39. The predicted molar refractivity (Wildman–Crippen MR) is 175 cm³/mol. The summed E-state index contributed by atoms with van der Waals surface area (Å²) < 4.78 is 16.9. The molecule has 0 bridgehead atoms.